The fraction of sp³-hybridized carbons (Fsp3) is 0.300. The minimum Gasteiger partial charge on any atom is -0.493 e. The number of amides is 2. The summed E-state index contributed by atoms with van der Waals surface area (Å²) in [5.41, 5.74) is 6.93. The summed E-state index contributed by atoms with van der Waals surface area (Å²) >= 11 is 0. The Morgan fingerprint density at radius 3 is 2.26 bits per heavy atom. The molecule has 7 nitrogen and oxygen atoms in total. The normalized spacial score (nSPS) is 11.6. The second-order valence-corrected chi connectivity index (χ2v) is 6.33. The maximum Gasteiger partial charge on any atom is 0.262 e. The first-order chi connectivity index (χ1) is 12.9. The van der Waals surface area contributed by atoms with E-state index in [4.69, 9.17) is 15.2 Å². The number of methoxy groups -OCH3 is 1. The number of hydrogen-bond acceptors (Lipinski definition) is 5. The summed E-state index contributed by atoms with van der Waals surface area (Å²) in [5.74, 6) is 0.464. The topological polar surface area (TPSA) is 103 Å². The largest absolute Gasteiger partial charge is 0.493 e. The van der Waals surface area contributed by atoms with Gasteiger partial charge in [0.2, 0.25) is 5.91 Å². The van der Waals surface area contributed by atoms with E-state index >= 15 is 0 Å². The molecule has 0 spiro atoms. The van der Waals surface area contributed by atoms with Gasteiger partial charge in [0.15, 0.2) is 18.1 Å². The van der Waals surface area contributed by atoms with Crippen LogP contribution in [0.1, 0.15) is 13.8 Å². The van der Waals surface area contributed by atoms with E-state index < -0.39 is 6.04 Å². The zero-order valence-corrected chi connectivity index (χ0v) is 15.7. The number of anilines is 2. The van der Waals surface area contributed by atoms with Crippen LogP contribution in [0, 0.1) is 5.92 Å². The zero-order chi connectivity index (χ0) is 19.8. The third-order valence-electron chi connectivity index (χ3n) is 3.86. The van der Waals surface area contributed by atoms with Crippen LogP contribution in [0.2, 0.25) is 0 Å². The molecule has 0 unspecified atom stereocenters. The first-order valence-electron chi connectivity index (χ1n) is 8.63. The van der Waals surface area contributed by atoms with Gasteiger partial charge in [-0.05, 0) is 36.2 Å². The Kier molecular flexibility index (Phi) is 7.19. The number of rotatable bonds is 8. The molecule has 0 saturated heterocycles. The molecule has 27 heavy (non-hydrogen) atoms. The van der Waals surface area contributed by atoms with E-state index in [1.807, 2.05) is 19.9 Å². The van der Waals surface area contributed by atoms with Crippen molar-refractivity contribution in [3.63, 3.8) is 0 Å². The Morgan fingerprint density at radius 2 is 1.63 bits per heavy atom. The molecule has 4 N–H and O–H groups in total. The van der Waals surface area contributed by atoms with Crippen molar-refractivity contribution in [2.24, 2.45) is 11.7 Å². The summed E-state index contributed by atoms with van der Waals surface area (Å²) in [6.07, 6.45) is 0. The van der Waals surface area contributed by atoms with Crippen LogP contribution in [0.25, 0.3) is 0 Å². The first-order valence-corrected chi connectivity index (χ1v) is 8.63. The number of benzene rings is 2. The zero-order valence-electron chi connectivity index (χ0n) is 15.7. The lowest BCUT2D eigenvalue weighted by atomic mass is 10.0. The predicted molar refractivity (Wildman–Crippen MR) is 105 cm³/mol. The standard InChI is InChI=1S/C20H25N3O4/c1-13(2)19(21)20(25)23-15-8-6-7-14(11-15)22-18(24)12-27-17-10-5-4-9-16(17)26-3/h4-11,13,19H,12,21H2,1-3H3,(H,22,24)(H,23,25)/t19-/m0/s1. The van der Waals surface area contributed by atoms with E-state index in [-0.39, 0.29) is 24.3 Å². The van der Waals surface area contributed by atoms with Crippen LogP contribution < -0.4 is 25.8 Å². The third-order valence-corrected chi connectivity index (χ3v) is 3.86. The van der Waals surface area contributed by atoms with Crippen LogP contribution in [-0.2, 0) is 9.59 Å². The van der Waals surface area contributed by atoms with E-state index in [1.54, 1.807) is 42.5 Å². The van der Waals surface area contributed by atoms with Crippen LogP contribution >= 0.6 is 0 Å². The molecule has 2 rings (SSSR count). The number of carbonyl (C=O) groups excluding carboxylic acids is 2. The highest BCUT2D eigenvalue weighted by atomic mass is 16.5. The second-order valence-electron chi connectivity index (χ2n) is 6.33. The van der Waals surface area contributed by atoms with Gasteiger partial charge in [-0.1, -0.05) is 32.0 Å². The highest BCUT2D eigenvalue weighted by molar-refractivity contribution is 5.96. The van der Waals surface area contributed by atoms with Crippen molar-refractivity contribution in [3.05, 3.63) is 48.5 Å². The van der Waals surface area contributed by atoms with Crippen LogP contribution in [0.4, 0.5) is 11.4 Å². The summed E-state index contributed by atoms with van der Waals surface area (Å²) in [6, 6.07) is 13.3. The minimum absolute atomic E-state index is 0.0278. The highest BCUT2D eigenvalue weighted by Gasteiger charge is 2.17. The number of nitrogens with two attached hydrogens (primary N) is 1. The maximum absolute atomic E-state index is 12.1. The summed E-state index contributed by atoms with van der Waals surface area (Å²) in [7, 11) is 1.53. The molecule has 2 aromatic carbocycles. The second kappa shape index (κ2) is 9.59. The molecular weight excluding hydrogens is 346 g/mol. The summed E-state index contributed by atoms with van der Waals surface area (Å²) in [6.45, 7) is 3.58. The lowest BCUT2D eigenvalue weighted by molar-refractivity contribution is -0.118. The number of para-hydroxylation sites is 2. The maximum atomic E-state index is 12.1. The van der Waals surface area contributed by atoms with E-state index in [1.165, 1.54) is 7.11 Å². The van der Waals surface area contributed by atoms with Gasteiger partial charge in [0, 0.05) is 11.4 Å². The minimum atomic E-state index is -0.600. The van der Waals surface area contributed by atoms with Crippen molar-refractivity contribution in [2.75, 3.05) is 24.4 Å². The van der Waals surface area contributed by atoms with Crippen molar-refractivity contribution < 1.29 is 19.1 Å². The molecule has 0 aliphatic carbocycles. The van der Waals surface area contributed by atoms with E-state index in [0.717, 1.165) is 0 Å². The van der Waals surface area contributed by atoms with Gasteiger partial charge in [0.25, 0.3) is 5.91 Å². The molecule has 2 aromatic rings. The van der Waals surface area contributed by atoms with E-state index in [9.17, 15) is 9.59 Å². The SMILES string of the molecule is COc1ccccc1OCC(=O)Nc1cccc(NC(=O)[C@@H](N)C(C)C)c1. The van der Waals surface area contributed by atoms with Gasteiger partial charge < -0.3 is 25.8 Å². The van der Waals surface area contributed by atoms with Crippen LogP contribution in [0.5, 0.6) is 11.5 Å². The summed E-state index contributed by atoms with van der Waals surface area (Å²) in [4.78, 5) is 24.2. The molecule has 0 heterocycles. The molecule has 7 heteroatoms. The van der Waals surface area contributed by atoms with Crippen molar-refractivity contribution >= 4 is 23.2 Å². The van der Waals surface area contributed by atoms with Crippen LogP contribution in [0.15, 0.2) is 48.5 Å². The fourth-order valence-corrected chi connectivity index (χ4v) is 2.28. The smallest absolute Gasteiger partial charge is 0.262 e. The summed E-state index contributed by atoms with van der Waals surface area (Å²) in [5, 5.41) is 5.47. The highest BCUT2D eigenvalue weighted by Crippen LogP contribution is 2.25. The fourth-order valence-electron chi connectivity index (χ4n) is 2.28. The number of ether oxygens (including phenoxy) is 2. The summed E-state index contributed by atoms with van der Waals surface area (Å²) < 4.78 is 10.7. The Morgan fingerprint density at radius 1 is 1.00 bits per heavy atom. The molecule has 0 bridgehead atoms. The Bertz CT molecular complexity index is 792. The monoisotopic (exact) mass is 371 g/mol. The first kappa shape index (κ1) is 20.3. The van der Waals surface area contributed by atoms with Crippen LogP contribution in [-0.4, -0.2) is 31.6 Å². The van der Waals surface area contributed by atoms with Gasteiger partial charge in [-0.25, -0.2) is 0 Å². The van der Waals surface area contributed by atoms with Gasteiger partial charge >= 0.3 is 0 Å². The van der Waals surface area contributed by atoms with Gasteiger partial charge in [-0.2, -0.15) is 0 Å². The molecule has 2 amide bonds. The molecule has 0 aliphatic heterocycles. The lowest BCUT2D eigenvalue weighted by Gasteiger charge is -2.16. The third kappa shape index (κ3) is 6.00. The number of hydrogen-bond donors (Lipinski definition) is 3. The molecular formula is C20H25N3O4. The Balaban J connectivity index is 1.93. The number of carbonyl (C=O) groups is 2. The molecule has 1 atom stereocenters. The molecule has 0 fully saturated rings. The Hall–Kier alpha value is -3.06. The van der Waals surface area contributed by atoms with Crippen molar-refractivity contribution in [3.8, 4) is 11.5 Å². The molecule has 0 aliphatic rings. The Labute approximate surface area is 158 Å². The molecule has 0 aromatic heterocycles. The van der Waals surface area contributed by atoms with Crippen LogP contribution in [0.3, 0.4) is 0 Å². The van der Waals surface area contributed by atoms with Gasteiger partial charge in [0.1, 0.15) is 0 Å². The molecule has 0 radical (unpaired) electrons. The van der Waals surface area contributed by atoms with Gasteiger partial charge in [-0.3, -0.25) is 9.59 Å². The predicted octanol–water partition coefficient (Wildman–Crippen LogP) is 2.63. The number of nitrogens with one attached hydrogen (secondary N) is 2. The van der Waals surface area contributed by atoms with Crippen molar-refractivity contribution in [1.29, 1.82) is 0 Å². The van der Waals surface area contributed by atoms with Gasteiger partial charge in [0.05, 0.1) is 13.2 Å². The average molecular weight is 371 g/mol. The van der Waals surface area contributed by atoms with Gasteiger partial charge in [-0.15, -0.1) is 0 Å². The van der Waals surface area contributed by atoms with E-state index in [0.29, 0.717) is 22.9 Å². The van der Waals surface area contributed by atoms with Crippen molar-refractivity contribution in [2.45, 2.75) is 19.9 Å². The van der Waals surface area contributed by atoms with Crippen molar-refractivity contribution in [1.82, 2.24) is 0 Å². The lowest BCUT2D eigenvalue weighted by Crippen LogP contribution is -2.39. The van der Waals surface area contributed by atoms with E-state index in [2.05, 4.69) is 10.6 Å². The molecule has 144 valence electrons. The molecule has 0 saturated carbocycles. The average Bonchev–Trinajstić information content (AvgIpc) is 2.66. The quantitative estimate of drug-likeness (QED) is 0.662.